The first-order chi connectivity index (χ1) is 11.8. The average Bonchev–Trinajstić information content (AvgIpc) is 2.59. The first kappa shape index (κ1) is 19.0. The van der Waals surface area contributed by atoms with E-state index in [9.17, 15) is 9.59 Å². The first-order valence-electron chi connectivity index (χ1n) is 7.51. The molecule has 1 amide bonds. The summed E-state index contributed by atoms with van der Waals surface area (Å²) < 4.78 is 0.955. The number of anilines is 1. The molecule has 1 aromatic heterocycles. The van der Waals surface area contributed by atoms with Crippen molar-refractivity contribution in [3.8, 4) is 6.07 Å². The van der Waals surface area contributed by atoms with Gasteiger partial charge >= 0.3 is 0 Å². The molecule has 0 aliphatic carbocycles. The van der Waals surface area contributed by atoms with Gasteiger partial charge in [0.1, 0.15) is 11.6 Å². The number of carbonyl (C=O) groups excluding carboxylic acids is 1. The molecule has 0 saturated carbocycles. The lowest BCUT2D eigenvalue weighted by molar-refractivity contribution is -0.119. The Kier molecular flexibility index (Phi) is 6.18. The molecule has 0 spiro atoms. The number of aryl methyl sites for hydroxylation is 2. The Morgan fingerprint density at radius 3 is 2.68 bits per heavy atom. The van der Waals surface area contributed by atoms with Crippen molar-refractivity contribution in [1.82, 2.24) is 9.78 Å². The Morgan fingerprint density at radius 1 is 1.32 bits per heavy atom. The largest absolute Gasteiger partial charge is 0.310 e. The van der Waals surface area contributed by atoms with E-state index in [0.717, 1.165) is 15.8 Å². The molecule has 0 aliphatic rings. The van der Waals surface area contributed by atoms with E-state index in [1.54, 1.807) is 0 Å². The summed E-state index contributed by atoms with van der Waals surface area (Å²) in [5.74, 6) is -0.369. The monoisotopic (exact) mass is 378 g/mol. The van der Waals surface area contributed by atoms with Gasteiger partial charge in [-0.2, -0.15) is 10.4 Å². The Hall–Kier alpha value is -2.36. The van der Waals surface area contributed by atoms with Crippen molar-refractivity contribution in [1.29, 1.82) is 5.26 Å². The highest BCUT2D eigenvalue weighted by atomic mass is 35.5. The molecule has 1 heterocycles. The summed E-state index contributed by atoms with van der Waals surface area (Å²) in [6.07, 6.45) is 1.39. The zero-order chi connectivity index (χ0) is 18.6. The van der Waals surface area contributed by atoms with E-state index >= 15 is 0 Å². The molecule has 0 saturated heterocycles. The highest BCUT2D eigenvalue weighted by Gasteiger charge is 2.19. The van der Waals surface area contributed by atoms with Crippen molar-refractivity contribution in [2.24, 2.45) is 0 Å². The standard InChI is InChI=1S/C17H16Cl2N4O2/c1-11-4-5-13(8-12(11)2)22(7-3-6-20)15(24)10-23-17(25)16(19)14(18)9-21-23/h4-5,8-9H,3,7,10H2,1-2H3. The van der Waals surface area contributed by atoms with Crippen LogP contribution >= 0.6 is 23.2 Å². The summed E-state index contributed by atoms with van der Waals surface area (Å²) in [4.78, 5) is 26.2. The van der Waals surface area contributed by atoms with Gasteiger partial charge in [0.15, 0.2) is 0 Å². The van der Waals surface area contributed by atoms with Crippen LogP contribution in [0.4, 0.5) is 5.69 Å². The third-order valence-electron chi connectivity index (χ3n) is 3.78. The highest BCUT2D eigenvalue weighted by molar-refractivity contribution is 6.41. The molecule has 130 valence electrons. The van der Waals surface area contributed by atoms with Crippen LogP contribution in [0.3, 0.4) is 0 Å². The fourth-order valence-corrected chi connectivity index (χ4v) is 2.49. The minimum absolute atomic E-state index is 0.0332. The van der Waals surface area contributed by atoms with E-state index in [-0.39, 0.29) is 35.5 Å². The van der Waals surface area contributed by atoms with Gasteiger partial charge in [0.25, 0.3) is 5.56 Å². The third kappa shape index (κ3) is 4.38. The molecular weight excluding hydrogens is 363 g/mol. The van der Waals surface area contributed by atoms with Crippen molar-refractivity contribution < 1.29 is 4.79 Å². The van der Waals surface area contributed by atoms with E-state index < -0.39 is 5.56 Å². The number of aromatic nitrogens is 2. The van der Waals surface area contributed by atoms with Gasteiger partial charge in [0.05, 0.1) is 23.7 Å². The van der Waals surface area contributed by atoms with E-state index in [1.165, 1.54) is 11.1 Å². The van der Waals surface area contributed by atoms with Crippen molar-refractivity contribution in [3.05, 3.63) is 55.9 Å². The molecule has 0 bridgehead atoms. The molecule has 25 heavy (non-hydrogen) atoms. The maximum Gasteiger partial charge on any atom is 0.287 e. The molecule has 6 nitrogen and oxygen atoms in total. The van der Waals surface area contributed by atoms with Gasteiger partial charge in [0, 0.05) is 12.2 Å². The second-order valence-electron chi connectivity index (χ2n) is 5.49. The Morgan fingerprint density at radius 2 is 2.04 bits per heavy atom. The second kappa shape index (κ2) is 8.15. The van der Waals surface area contributed by atoms with Gasteiger partial charge in [-0.25, -0.2) is 4.68 Å². The maximum atomic E-state index is 12.7. The summed E-state index contributed by atoms with van der Waals surface area (Å²) in [5.41, 5.74) is 2.15. The number of amides is 1. The number of halogens is 2. The summed E-state index contributed by atoms with van der Waals surface area (Å²) in [5, 5.41) is 12.5. The Balaban J connectivity index is 2.33. The lowest BCUT2D eigenvalue weighted by Crippen LogP contribution is -2.38. The summed E-state index contributed by atoms with van der Waals surface area (Å²) in [6, 6.07) is 7.61. The van der Waals surface area contributed by atoms with Crippen LogP contribution in [0.15, 0.2) is 29.2 Å². The zero-order valence-electron chi connectivity index (χ0n) is 13.8. The smallest absolute Gasteiger partial charge is 0.287 e. The van der Waals surface area contributed by atoms with Gasteiger partial charge in [0.2, 0.25) is 5.91 Å². The number of hydrogen-bond donors (Lipinski definition) is 0. The summed E-state index contributed by atoms with van der Waals surface area (Å²) in [6.45, 7) is 3.83. The lowest BCUT2D eigenvalue weighted by Gasteiger charge is -2.23. The number of carbonyl (C=O) groups is 1. The fourth-order valence-electron chi connectivity index (χ4n) is 2.22. The molecule has 0 radical (unpaired) electrons. The minimum atomic E-state index is -0.636. The van der Waals surface area contributed by atoms with Crippen LogP contribution in [0, 0.1) is 25.2 Å². The predicted molar refractivity (Wildman–Crippen MR) is 97.0 cm³/mol. The number of hydrogen-bond acceptors (Lipinski definition) is 4. The van der Waals surface area contributed by atoms with Crippen molar-refractivity contribution >= 4 is 34.8 Å². The van der Waals surface area contributed by atoms with Crippen molar-refractivity contribution in [2.75, 3.05) is 11.4 Å². The van der Waals surface area contributed by atoms with E-state index in [4.69, 9.17) is 28.5 Å². The van der Waals surface area contributed by atoms with Gasteiger partial charge < -0.3 is 4.90 Å². The third-order valence-corrected chi connectivity index (χ3v) is 4.53. The van der Waals surface area contributed by atoms with E-state index in [0.29, 0.717) is 5.69 Å². The van der Waals surface area contributed by atoms with Crippen LogP contribution in [0.1, 0.15) is 17.5 Å². The van der Waals surface area contributed by atoms with Gasteiger partial charge in [-0.05, 0) is 37.1 Å². The number of rotatable bonds is 5. The maximum absolute atomic E-state index is 12.7. The average molecular weight is 379 g/mol. The zero-order valence-corrected chi connectivity index (χ0v) is 15.3. The lowest BCUT2D eigenvalue weighted by atomic mass is 10.1. The number of benzene rings is 1. The van der Waals surface area contributed by atoms with Crippen molar-refractivity contribution in [2.45, 2.75) is 26.8 Å². The quantitative estimate of drug-likeness (QED) is 0.800. The van der Waals surface area contributed by atoms with Crippen LogP contribution in [-0.4, -0.2) is 22.2 Å². The molecule has 1 aromatic carbocycles. The molecule has 0 N–H and O–H groups in total. The normalized spacial score (nSPS) is 10.4. The van der Waals surface area contributed by atoms with Crippen LogP contribution < -0.4 is 10.5 Å². The number of nitriles is 1. The van der Waals surface area contributed by atoms with E-state index in [1.807, 2.05) is 38.1 Å². The van der Waals surface area contributed by atoms with Crippen LogP contribution in [0.5, 0.6) is 0 Å². The van der Waals surface area contributed by atoms with Crippen LogP contribution in [0.2, 0.25) is 10.0 Å². The van der Waals surface area contributed by atoms with Crippen LogP contribution in [0.25, 0.3) is 0 Å². The highest BCUT2D eigenvalue weighted by Crippen LogP contribution is 2.20. The fraction of sp³-hybridized carbons (Fsp3) is 0.294. The SMILES string of the molecule is Cc1ccc(N(CCC#N)C(=O)Cn2ncc(Cl)c(Cl)c2=O)cc1C. The van der Waals surface area contributed by atoms with Gasteiger partial charge in [-0.1, -0.05) is 29.3 Å². The molecule has 2 rings (SSSR count). The first-order valence-corrected chi connectivity index (χ1v) is 8.26. The summed E-state index contributed by atoms with van der Waals surface area (Å²) in [7, 11) is 0. The molecule has 8 heteroatoms. The minimum Gasteiger partial charge on any atom is -0.310 e. The number of nitrogens with zero attached hydrogens (tertiary/aromatic N) is 4. The van der Waals surface area contributed by atoms with Gasteiger partial charge in [-0.3, -0.25) is 9.59 Å². The Bertz CT molecular complexity index is 902. The topological polar surface area (TPSA) is 79.0 Å². The Labute approximate surface area is 155 Å². The molecular formula is C17H16Cl2N4O2. The van der Waals surface area contributed by atoms with Gasteiger partial charge in [-0.15, -0.1) is 0 Å². The summed E-state index contributed by atoms with van der Waals surface area (Å²) >= 11 is 11.6. The van der Waals surface area contributed by atoms with E-state index in [2.05, 4.69) is 5.10 Å². The van der Waals surface area contributed by atoms with Crippen molar-refractivity contribution in [3.63, 3.8) is 0 Å². The molecule has 0 unspecified atom stereocenters. The molecule has 0 aliphatic heterocycles. The van der Waals surface area contributed by atoms with Crippen LogP contribution in [-0.2, 0) is 11.3 Å². The molecule has 0 atom stereocenters. The molecule has 2 aromatic rings. The second-order valence-corrected chi connectivity index (χ2v) is 6.28. The predicted octanol–water partition coefficient (Wildman–Crippen LogP) is 3.11. The molecule has 0 fully saturated rings.